The summed E-state index contributed by atoms with van der Waals surface area (Å²) >= 11 is 0. The Morgan fingerprint density at radius 1 is 1.08 bits per heavy atom. The van der Waals surface area contributed by atoms with E-state index in [2.05, 4.69) is 10.6 Å². The first-order chi connectivity index (χ1) is 11.4. The van der Waals surface area contributed by atoms with Gasteiger partial charge in [-0.05, 0) is 30.3 Å². The minimum absolute atomic E-state index is 0.0541. The summed E-state index contributed by atoms with van der Waals surface area (Å²) in [6.45, 7) is 0.816. The highest BCUT2D eigenvalue weighted by atomic mass is 32.2. The van der Waals surface area contributed by atoms with Gasteiger partial charge in [0, 0.05) is 11.9 Å². The molecule has 24 heavy (non-hydrogen) atoms. The lowest BCUT2D eigenvalue weighted by atomic mass is 10.3. The van der Waals surface area contributed by atoms with Gasteiger partial charge in [-0.2, -0.15) is 0 Å². The van der Waals surface area contributed by atoms with Crippen molar-refractivity contribution in [3.8, 4) is 5.75 Å². The lowest BCUT2D eigenvalue weighted by molar-refractivity contribution is -0.119. The Balaban J connectivity index is 1.71. The van der Waals surface area contributed by atoms with Gasteiger partial charge in [-0.1, -0.05) is 24.3 Å². The van der Waals surface area contributed by atoms with Crippen LogP contribution in [0.2, 0.25) is 0 Å². The highest BCUT2D eigenvalue weighted by Crippen LogP contribution is 2.14. The van der Waals surface area contributed by atoms with Gasteiger partial charge in [0.1, 0.15) is 12.4 Å². The second kappa shape index (κ2) is 8.35. The minimum Gasteiger partial charge on any atom is -0.492 e. The van der Waals surface area contributed by atoms with Crippen molar-refractivity contribution in [3.63, 3.8) is 0 Å². The summed E-state index contributed by atoms with van der Waals surface area (Å²) in [5, 5.41) is 5.62. The predicted octanol–water partition coefficient (Wildman–Crippen LogP) is 1.70. The molecule has 0 heterocycles. The molecule has 2 aromatic carbocycles. The van der Waals surface area contributed by atoms with Crippen molar-refractivity contribution in [1.29, 1.82) is 0 Å². The van der Waals surface area contributed by atoms with Gasteiger partial charge in [-0.15, -0.1) is 0 Å². The molecule has 6 nitrogen and oxygen atoms in total. The number of rotatable bonds is 8. The number of hydrogen-bond acceptors (Lipinski definition) is 5. The van der Waals surface area contributed by atoms with Crippen molar-refractivity contribution in [1.82, 2.24) is 5.32 Å². The van der Waals surface area contributed by atoms with Crippen LogP contribution in [0.4, 0.5) is 5.69 Å². The summed E-state index contributed by atoms with van der Waals surface area (Å²) in [7, 11) is -3.26. The van der Waals surface area contributed by atoms with Crippen molar-refractivity contribution < 1.29 is 17.9 Å². The lowest BCUT2D eigenvalue weighted by Gasteiger charge is -2.09. The zero-order chi connectivity index (χ0) is 17.4. The topological polar surface area (TPSA) is 84.5 Å². The third-order valence-corrected chi connectivity index (χ3v) is 4.26. The fourth-order valence-corrected chi connectivity index (χ4v) is 2.62. The molecule has 0 aromatic heterocycles. The standard InChI is InChI=1S/C17H20N2O4S/c1-24(21,22)16-9-5-6-14(12-16)19-13-17(20)18-10-11-23-15-7-3-2-4-8-15/h2-9,12,19H,10-11,13H2,1H3,(H,18,20). The number of anilines is 1. The molecule has 0 atom stereocenters. The molecule has 0 saturated carbocycles. The normalized spacial score (nSPS) is 10.9. The lowest BCUT2D eigenvalue weighted by Crippen LogP contribution is -2.33. The Morgan fingerprint density at radius 2 is 1.83 bits per heavy atom. The number of hydrogen-bond donors (Lipinski definition) is 2. The fourth-order valence-electron chi connectivity index (χ4n) is 1.96. The maximum atomic E-state index is 11.8. The van der Waals surface area contributed by atoms with E-state index < -0.39 is 9.84 Å². The van der Waals surface area contributed by atoms with Gasteiger partial charge in [0.05, 0.1) is 18.0 Å². The van der Waals surface area contributed by atoms with Crippen LogP contribution in [-0.4, -0.2) is 40.3 Å². The van der Waals surface area contributed by atoms with Crippen LogP contribution in [0.3, 0.4) is 0 Å². The number of benzene rings is 2. The van der Waals surface area contributed by atoms with Gasteiger partial charge in [-0.25, -0.2) is 8.42 Å². The second-order valence-corrected chi connectivity index (χ2v) is 7.18. The molecule has 128 valence electrons. The molecule has 0 aliphatic rings. The summed E-state index contributed by atoms with van der Waals surface area (Å²) < 4.78 is 28.5. The van der Waals surface area contributed by atoms with E-state index in [0.717, 1.165) is 12.0 Å². The van der Waals surface area contributed by atoms with E-state index in [1.807, 2.05) is 30.3 Å². The van der Waals surface area contributed by atoms with E-state index in [9.17, 15) is 13.2 Å². The quantitative estimate of drug-likeness (QED) is 0.709. The number of para-hydroxylation sites is 1. The number of ether oxygens (including phenoxy) is 1. The SMILES string of the molecule is CS(=O)(=O)c1cccc(NCC(=O)NCCOc2ccccc2)c1. The van der Waals surface area contributed by atoms with Crippen LogP contribution in [0.25, 0.3) is 0 Å². The number of carbonyl (C=O) groups excluding carboxylic acids is 1. The molecule has 0 aliphatic heterocycles. The van der Waals surface area contributed by atoms with Crippen LogP contribution < -0.4 is 15.4 Å². The molecule has 0 aliphatic carbocycles. The number of sulfone groups is 1. The van der Waals surface area contributed by atoms with E-state index in [1.165, 1.54) is 12.1 Å². The van der Waals surface area contributed by atoms with Gasteiger partial charge in [0.2, 0.25) is 5.91 Å². The summed E-state index contributed by atoms with van der Waals surface area (Å²) in [5.41, 5.74) is 0.577. The van der Waals surface area contributed by atoms with Crippen molar-refractivity contribution in [3.05, 3.63) is 54.6 Å². The molecule has 0 unspecified atom stereocenters. The molecule has 0 spiro atoms. The van der Waals surface area contributed by atoms with Gasteiger partial charge in [0.15, 0.2) is 9.84 Å². The molecular weight excluding hydrogens is 328 g/mol. The van der Waals surface area contributed by atoms with E-state index in [0.29, 0.717) is 18.8 Å². The van der Waals surface area contributed by atoms with E-state index in [1.54, 1.807) is 12.1 Å². The average molecular weight is 348 g/mol. The van der Waals surface area contributed by atoms with E-state index in [-0.39, 0.29) is 17.3 Å². The van der Waals surface area contributed by atoms with Crippen LogP contribution in [0.15, 0.2) is 59.5 Å². The maximum Gasteiger partial charge on any atom is 0.239 e. The Hall–Kier alpha value is -2.54. The van der Waals surface area contributed by atoms with Crippen LogP contribution in [0.1, 0.15) is 0 Å². The highest BCUT2D eigenvalue weighted by molar-refractivity contribution is 7.90. The summed E-state index contributed by atoms with van der Waals surface area (Å²) in [4.78, 5) is 12.0. The van der Waals surface area contributed by atoms with Gasteiger partial charge < -0.3 is 15.4 Å². The maximum absolute atomic E-state index is 11.8. The van der Waals surface area contributed by atoms with Crippen molar-refractivity contribution >= 4 is 21.4 Å². The van der Waals surface area contributed by atoms with Crippen LogP contribution in [-0.2, 0) is 14.6 Å². The summed E-state index contributed by atoms with van der Waals surface area (Å²) in [6.07, 6.45) is 1.14. The molecule has 7 heteroatoms. The molecule has 2 aromatic rings. The molecular formula is C17H20N2O4S. The van der Waals surface area contributed by atoms with Gasteiger partial charge >= 0.3 is 0 Å². The molecule has 2 rings (SSSR count). The van der Waals surface area contributed by atoms with E-state index in [4.69, 9.17) is 4.74 Å². The highest BCUT2D eigenvalue weighted by Gasteiger charge is 2.08. The molecule has 0 radical (unpaired) electrons. The zero-order valence-electron chi connectivity index (χ0n) is 13.4. The smallest absolute Gasteiger partial charge is 0.239 e. The molecule has 2 N–H and O–H groups in total. The first-order valence-electron chi connectivity index (χ1n) is 7.44. The summed E-state index contributed by atoms with van der Waals surface area (Å²) in [5.74, 6) is 0.555. The first kappa shape index (κ1) is 17.8. The minimum atomic E-state index is -3.26. The average Bonchev–Trinajstić information content (AvgIpc) is 2.57. The summed E-state index contributed by atoms with van der Waals surface area (Å²) in [6, 6.07) is 15.7. The molecule has 1 amide bonds. The Kier molecular flexibility index (Phi) is 6.20. The fraction of sp³-hybridized carbons (Fsp3) is 0.235. The van der Waals surface area contributed by atoms with Crippen molar-refractivity contribution in [2.24, 2.45) is 0 Å². The second-order valence-electron chi connectivity index (χ2n) is 5.17. The number of carbonyl (C=O) groups is 1. The molecule has 0 saturated heterocycles. The Labute approximate surface area is 141 Å². The largest absolute Gasteiger partial charge is 0.492 e. The van der Waals surface area contributed by atoms with Crippen LogP contribution in [0, 0.1) is 0 Å². The third kappa shape index (κ3) is 5.92. The monoisotopic (exact) mass is 348 g/mol. The van der Waals surface area contributed by atoms with Gasteiger partial charge in [-0.3, -0.25) is 4.79 Å². The predicted molar refractivity (Wildman–Crippen MR) is 93.0 cm³/mol. The van der Waals surface area contributed by atoms with Crippen molar-refractivity contribution in [2.75, 3.05) is 31.3 Å². The third-order valence-electron chi connectivity index (χ3n) is 3.15. The van der Waals surface area contributed by atoms with Crippen LogP contribution >= 0.6 is 0 Å². The Morgan fingerprint density at radius 3 is 2.54 bits per heavy atom. The zero-order valence-corrected chi connectivity index (χ0v) is 14.2. The van der Waals surface area contributed by atoms with Crippen LogP contribution in [0.5, 0.6) is 5.75 Å². The number of amides is 1. The van der Waals surface area contributed by atoms with Crippen molar-refractivity contribution in [2.45, 2.75) is 4.90 Å². The van der Waals surface area contributed by atoms with Gasteiger partial charge in [0.25, 0.3) is 0 Å². The molecule has 0 fully saturated rings. The number of nitrogens with one attached hydrogen (secondary N) is 2. The Bertz CT molecular complexity index is 776. The molecule has 0 bridgehead atoms. The first-order valence-corrected chi connectivity index (χ1v) is 9.33. The van der Waals surface area contributed by atoms with E-state index >= 15 is 0 Å².